The topological polar surface area (TPSA) is 707 Å². The van der Waals surface area contributed by atoms with Crippen molar-refractivity contribution in [1.82, 2.24) is 16.0 Å². The van der Waals surface area contributed by atoms with E-state index in [0.29, 0.717) is 0 Å². The van der Waals surface area contributed by atoms with Gasteiger partial charge in [-0.05, 0) is 6.92 Å². The molecule has 0 aromatic rings. The quantitative estimate of drug-likeness (QED) is 0.0363. The minimum atomic E-state index is -3.50. The smallest absolute Gasteiger partial charge is 0.364 e. The fourth-order valence-electron chi connectivity index (χ4n) is 12.5. The highest BCUT2D eigenvalue weighted by atomic mass is 16.8. The predicted octanol–water partition coefficient (Wildman–Crippen LogP) is -16.4. The normalized spacial score (nSPS) is 46.0. The Morgan fingerprint density at radius 1 is 0.418 bits per heavy atom. The second kappa shape index (κ2) is 34.1. The number of aliphatic hydroxyl groups is 21. The molecular formula is C54H89N3O41. The highest BCUT2D eigenvalue weighted by Crippen LogP contribution is 2.43. The largest absolute Gasteiger partial charge is 0.477 e. The number of ether oxygens (including phenoxy) is 13. The van der Waals surface area contributed by atoms with Gasteiger partial charge in [0.2, 0.25) is 17.7 Å². The molecule has 0 spiro atoms. The molecule has 0 aromatic carbocycles. The van der Waals surface area contributed by atoms with Gasteiger partial charge in [0.25, 0.3) is 11.6 Å². The van der Waals surface area contributed by atoms with Crippen molar-refractivity contribution in [2.24, 2.45) is 0 Å². The molecule has 44 nitrogen and oxygen atoms in total. The summed E-state index contributed by atoms with van der Waals surface area (Å²) in [5.41, 5.74) is 0. The number of amides is 3. The van der Waals surface area contributed by atoms with Crippen LogP contribution in [0.5, 0.6) is 0 Å². The lowest BCUT2D eigenvalue weighted by Gasteiger charge is -2.53. The van der Waals surface area contributed by atoms with Crippen molar-refractivity contribution < 1.29 is 203 Å². The van der Waals surface area contributed by atoms with Gasteiger partial charge in [0.05, 0.1) is 70.0 Å². The Morgan fingerprint density at radius 3 is 1.26 bits per heavy atom. The van der Waals surface area contributed by atoms with Crippen LogP contribution in [0, 0.1) is 0 Å². The Bertz CT molecular complexity index is 2630. The van der Waals surface area contributed by atoms with Crippen LogP contribution in [-0.2, 0) is 85.6 Å². The third-order valence-corrected chi connectivity index (χ3v) is 17.7. The lowest BCUT2D eigenvalue weighted by molar-refractivity contribution is -0.412. The molecule has 7 aliphatic heterocycles. The molecule has 7 saturated heterocycles. The van der Waals surface area contributed by atoms with E-state index < -0.39 is 308 Å². The van der Waals surface area contributed by atoms with Crippen LogP contribution >= 0.6 is 0 Å². The number of carbonyl (C=O) groups is 5. The molecule has 37 atom stereocenters. The average Bonchev–Trinajstić information content (AvgIpc) is 0.753. The van der Waals surface area contributed by atoms with E-state index in [1.165, 1.54) is 0 Å². The third-order valence-electron chi connectivity index (χ3n) is 17.7. The van der Waals surface area contributed by atoms with E-state index >= 15 is 0 Å². The van der Waals surface area contributed by atoms with Crippen molar-refractivity contribution in [1.29, 1.82) is 0 Å². The molecule has 7 fully saturated rings. The summed E-state index contributed by atoms with van der Waals surface area (Å²) in [6, 6.07) is -5.89. The fraction of sp³-hybridized carbons (Fsp3) is 0.907. The third kappa shape index (κ3) is 17.3. The van der Waals surface area contributed by atoms with Gasteiger partial charge in [0.1, 0.15) is 153 Å². The average molecular weight is 1440 g/mol. The van der Waals surface area contributed by atoms with E-state index in [0.717, 1.165) is 27.7 Å². The summed E-state index contributed by atoms with van der Waals surface area (Å²) in [6.07, 6.45) is -75.2. The number of hydrogen-bond acceptors (Lipinski definition) is 39. The van der Waals surface area contributed by atoms with Crippen molar-refractivity contribution in [2.75, 3.05) is 39.6 Å². The van der Waals surface area contributed by atoms with Crippen LogP contribution in [0.25, 0.3) is 0 Å². The zero-order valence-corrected chi connectivity index (χ0v) is 52.5. The van der Waals surface area contributed by atoms with Crippen LogP contribution in [0.1, 0.15) is 40.5 Å². The molecule has 0 radical (unpaired) electrons. The number of nitrogens with one attached hydrogen (secondary N) is 3. The standard InChI is InChI=1S/C54H89N3O41/c1-13-28(71)33(76)36(79)48(86-13)94-45-43(97-53(51(82)83)5-17(67)25(55-14(2)64)41(95-53)29(72)19(69)7-58)32(75)22(10-61)89-50(45)93-40-27(57-16(4)66)47(88-21(9-60)31(40)74)92-39-24(12-63)90-49(91-38-23(11-62)87-46(81)35(78)34(38)77)37(80)44(39)98-54(52(84)85)6-18(68)26(56-15(3)65)42(96-54)30(73)20(70)8-59/h13,17-50,58-63,67-81H,5-12H2,1-4H3,(H,55,64)(H,56,65)(H,57,66)(H,82,83)(H,84,85)/t13-,17-,18-,19+,20+,21+,22+,23+,24+,25+,26+,27+,28+,29+,30+,31-,32-,33+,34+,35+,36-,37+,38+,39-,40+,41+,42+,43-,44+,45+,46+,47-,48-,49-,50-,53-,54-/m0/s1. The summed E-state index contributed by atoms with van der Waals surface area (Å²) < 4.78 is 77.1. The molecular weight excluding hydrogens is 1350 g/mol. The molecule has 3 amide bonds. The van der Waals surface area contributed by atoms with Crippen molar-refractivity contribution >= 4 is 29.7 Å². The molecule has 0 aromatic heterocycles. The summed E-state index contributed by atoms with van der Waals surface area (Å²) in [7, 11) is 0. The predicted molar refractivity (Wildman–Crippen MR) is 300 cm³/mol. The molecule has 0 saturated carbocycles. The lowest BCUT2D eigenvalue weighted by Crippen LogP contribution is -2.73. The Hall–Kier alpha value is -4.01. The van der Waals surface area contributed by atoms with Crippen molar-refractivity contribution in [3.63, 3.8) is 0 Å². The summed E-state index contributed by atoms with van der Waals surface area (Å²) in [5, 5.41) is 260. The summed E-state index contributed by atoms with van der Waals surface area (Å²) in [4.78, 5) is 65.7. The van der Waals surface area contributed by atoms with Gasteiger partial charge in [-0.1, -0.05) is 0 Å². The van der Waals surface area contributed by atoms with Crippen molar-refractivity contribution in [3.8, 4) is 0 Å². The van der Waals surface area contributed by atoms with Crippen LogP contribution in [0.2, 0.25) is 0 Å². The van der Waals surface area contributed by atoms with Gasteiger partial charge in [-0.2, -0.15) is 0 Å². The summed E-state index contributed by atoms with van der Waals surface area (Å²) in [5.74, 6) is -14.4. The molecule has 7 aliphatic rings. The van der Waals surface area contributed by atoms with Crippen LogP contribution in [0.4, 0.5) is 0 Å². The van der Waals surface area contributed by atoms with E-state index in [1.54, 1.807) is 0 Å². The van der Waals surface area contributed by atoms with Gasteiger partial charge < -0.3 is 195 Å². The van der Waals surface area contributed by atoms with E-state index in [4.69, 9.17) is 61.6 Å². The molecule has 44 heteroatoms. The van der Waals surface area contributed by atoms with Crippen LogP contribution in [-0.4, -0.2) is 413 Å². The Balaban J connectivity index is 1.36. The Kier molecular flexibility index (Phi) is 28.3. The Morgan fingerprint density at radius 2 is 0.806 bits per heavy atom. The molecule has 98 heavy (non-hydrogen) atoms. The maximum atomic E-state index is 13.8. The number of aliphatic carboxylic acids is 2. The van der Waals surface area contributed by atoms with Gasteiger partial charge in [0.15, 0.2) is 31.5 Å². The van der Waals surface area contributed by atoms with Gasteiger partial charge in [-0.15, -0.1) is 0 Å². The monoisotopic (exact) mass is 1440 g/mol. The van der Waals surface area contributed by atoms with E-state index in [-0.39, 0.29) is 0 Å². The Labute approximate surface area is 553 Å². The number of carbonyl (C=O) groups excluding carboxylic acids is 3. The van der Waals surface area contributed by atoms with Gasteiger partial charge >= 0.3 is 11.9 Å². The first-order chi connectivity index (χ1) is 46.0. The fourth-order valence-corrected chi connectivity index (χ4v) is 12.5. The molecule has 7 heterocycles. The summed E-state index contributed by atoms with van der Waals surface area (Å²) in [6.45, 7) is -3.78. The van der Waals surface area contributed by atoms with Crippen molar-refractivity contribution in [3.05, 3.63) is 0 Å². The maximum absolute atomic E-state index is 13.8. The number of rotatable bonds is 27. The second-order valence-corrected chi connectivity index (χ2v) is 24.6. The zero-order chi connectivity index (χ0) is 73.1. The molecule has 7 rings (SSSR count). The number of carboxylic acid groups (broad SMARTS) is 2. The van der Waals surface area contributed by atoms with Gasteiger partial charge in [0, 0.05) is 33.6 Å². The first kappa shape index (κ1) is 81.3. The molecule has 0 aliphatic carbocycles. The lowest BCUT2D eigenvalue weighted by atomic mass is 9.88. The first-order valence-electron chi connectivity index (χ1n) is 30.7. The van der Waals surface area contributed by atoms with Crippen LogP contribution in [0.15, 0.2) is 0 Å². The van der Waals surface area contributed by atoms with Gasteiger partial charge in [-0.3, -0.25) is 14.4 Å². The second-order valence-electron chi connectivity index (χ2n) is 24.6. The molecule has 566 valence electrons. The molecule has 26 N–H and O–H groups in total. The van der Waals surface area contributed by atoms with Crippen LogP contribution < -0.4 is 16.0 Å². The summed E-state index contributed by atoms with van der Waals surface area (Å²) >= 11 is 0. The molecule has 0 bridgehead atoms. The van der Waals surface area contributed by atoms with E-state index in [2.05, 4.69) is 16.0 Å². The number of hydrogen-bond donors (Lipinski definition) is 26. The number of aliphatic hydroxyl groups excluding tert-OH is 21. The van der Waals surface area contributed by atoms with Crippen LogP contribution in [0.3, 0.4) is 0 Å². The first-order valence-corrected chi connectivity index (χ1v) is 30.7. The zero-order valence-electron chi connectivity index (χ0n) is 52.5. The highest BCUT2D eigenvalue weighted by molar-refractivity contribution is 5.77. The van der Waals surface area contributed by atoms with Crippen molar-refractivity contribution in [2.45, 2.75) is 266 Å². The SMILES string of the molecule is CC(=O)N[C@H]1[C@H](O[C@@H]2[C@H](O[C@]3(C(=O)O)C[C@H](O)[C@@H](NC(C)=O)[C@H]([C@H](O)[C@H](O)CO)O3)[C@@H](O)[C@H](O[C@H]3[C@H](O)[C@@H](O)[C@H](O)O[C@@H]3CO)O[C@@H]2CO)O[C@H](CO)[C@H](O)[C@@H]1O[C@@H]1O[C@H](CO)[C@H](O)[C@H](O[C@]2(C(=O)O)C[C@H](O)[C@@H](NC(C)=O)[C@H]([C@H](O)[C@H](O)CO)O2)[C@H]1O[C@@H]1O[C@@H](C)[C@@H](O)[C@@H](O)[C@@H]1O. The van der Waals surface area contributed by atoms with Gasteiger partial charge in [-0.25, -0.2) is 9.59 Å². The van der Waals surface area contributed by atoms with E-state index in [9.17, 15) is 141 Å². The minimum Gasteiger partial charge on any atom is -0.477 e. The maximum Gasteiger partial charge on any atom is 0.364 e. The highest BCUT2D eigenvalue weighted by Gasteiger charge is 2.65. The number of carboxylic acids is 2. The minimum absolute atomic E-state index is 0.836. The molecule has 0 unspecified atom stereocenters. The van der Waals surface area contributed by atoms with E-state index in [1.807, 2.05) is 0 Å².